The molecule has 24 heavy (non-hydrogen) atoms. The zero-order valence-electron chi connectivity index (χ0n) is 12.6. The summed E-state index contributed by atoms with van der Waals surface area (Å²) in [5.74, 6) is 0.234. The van der Waals surface area contributed by atoms with Crippen LogP contribution in [-0.4, -0.2) is 10.9 Å². The van der Waals surface area contributed by atoms with Gasteiger partial charge in [-0.05, 0) is 42.0 Å². The van der Waals surface area contributed by atoms with Gasteiger partial charge in [0.1, 0.15) is 17.5 Å². The van der Waals surface area contributed by atoms with Crippen molar-refractivity contribution in [3.8, 4) is 0 Å². The number of anilines is 3. The lowest BCUT2D eigenvalue weighted by molar-refractivity contribution is 0.0996. The van der Waals surface area contributed by atoms with Crippen LogP contribution in [0, 0.1) is 5.82 Å². The highest BCUT2D eigenvalue weighted by molar-refractivity contribution is 6.03. The van der Waals surface area contributed by atoms with E-state index in [-0.39, 0.29) is 17.4 Å². The van der Waals surface area contributed by atoms with E-state index in [0.717, 1.165) is 5.56 Å². The summed E-state index contributed by atoms with van der Waals surface area (Å²) < 4.78 is 17.9. The lowest BCUT2D eigenvalue weighted by atomic mass is 10.2. The number of hydrogen-bond acceptors (Lipinski definition) is 5. The molecule has 0 aliphatic carbocycles. The Kier molecular flexibility index (Phi) is 4.42. The van der Waals surface area contributed by atoms with E-state index in [9.17, 15) is 9.18 Å². The van der Waals surface area contributed by atoms with Gasteiger partial charge >= 0.3 is 0 Å². The molecule has 1 aromatic carbocycles. The zero-order chi connectivity index (χ0) is 16.9. The first-order valence-corrected chi connectivity index (χ1v) is 7.21. The molecule has 3 rings (SSSR count). The Balaban J connectivity index is 1.64. The quantitative estimate of drug-likeness (QED) is 0.669. The maximum absolute atomic E-state index is 12.9. The number of nitrogens with zero attached hydrogens (tertiary/aromatic N) is 1. The highest BCUT2D eigenvalue weighted by Gasteiger charge is 2.11. The number of halogens is 1. The molecule has 0 bridgehead atoms. The third-order valence-corrected chi connectivity index (χ3v) is 3.30. The summed E-state index contributed by atoms with van der Waals surface area (Å²) in [5, 5.41) is 5.71. The first-order valence-electron chi connectivity index (χ1n) is 7.21. The molecular weight excluding hydrogens is 311 g/mol. The molecule has 2 heterocycles. The average Bonchev–Trinajstić information content (AvgIpc) is 3.11. The number of carbonyl (C=O) groups is 1. The molecule has 1 amide bonds. The predicted octanol–water partition coefficient (Wildman–Crippen LogP) is 3.26. The normalized spacial score (nSPS) is 10.4. The summed E-state index contributed by atoms with van der Waals surface area (Å²) in [4.78, 5) is 16.1. The summed E-state index contributed by atoms with van der Waals surface area (Å²) in [6.45, 7) is 0.477. The van der Waals surface area contributed by atoms with Crippen molar-refractivity contribution in [3.63, 3.8) is 0 Å². The number of rotatable bonds is 5. The SMILES string of the molecule is Nc1nc(NCc2ccc(F)cc2)ccc1NC(=O)c1ccco1. The lowest BCUT2D eigenvalue weighted by Gasteiger charge is -2.10. The van der Waals surface area contributed by atoms with Crippen LogP contribution in [0.25, 0.3) is 0 Å². The van der Waals surface area contributed by atoms with Crippen LogP contribution in [0.15, 0.2) is 59.2 Å². The molecule has 122 valence electrons. The van der Waals surface area contributed by atoms with Gasteiger partial charge in [0.2, 0.25) is 0 Å². The Labute approximate surface area is 137 Å². The zero-order valence-corrected chi connectivity index (χ0v) is 12.6. The van der Waals surface area contributed by atoms with Crippen molar-refractivity contribution in [2.45, 2.75) is 6.54 Å². The number of benzene rings is 1. The number of furan rings is 1. The number of nitrogen functional groups attached to an aromatic ring is 1. The van der Waals surface area contributed by atoms with E-state index in [2.05, 4.69) is 15.6 Å². The molecule has 3 aromatic rings. The smallest absolute Gasteiger partial charge is 0.291 e. The fourth-order valence-corrected chi connectivity index (χ4v) is 2.07. The van der Waals surface area contributed by atoms with Crippen LogP contribution in [0.5, 0.6) is 0 Å². The van der Waals surface area contributed by atoms with Gasteiger partial charge in [-0.2, -0.15) is 0 Å². The molecule has 0 saturated heterocycles. The summed E-state index contributed by atoms with van der Waals surface area (Å²) >= 11 is 0. The van der Waals surface area contributed by atoms with Gasteiger partial charge in [0.15, 0.2) is 5.76 Å². The van der Waals surface area contributed by atoms with Crippen LogP contribution in [0.2, 0.25) is 0 Å². The molecule has 0 fully saturated rings. The lowest BCUT2D eigenvalue weighted by Crippen LogP contribution is -2.13. The minimum Gasteiger partial charge on any atom is -0.459 e. The Morgan fingerprint density at radius 1 is 1.17 bits per heavy atom. The number of hydrogen-bond donors (Lipinski definition) is 3. The fourth-order valence-electron chi connectivity index (χ4n) is 2.07. The minimum absolute atomic E-state index is 0.180. The highest BCUT2D eigenvalue weighted by Crippen LogP contribution is 2.20. The Morgan fingerprint density at radius 3 is 2.62 bits per heavy atom. The number of carbonyl (C=O) groups excluding carboxylic acids is 1. The number of pyridine rings is 1. The number of nitrogens with one attached hydrogen (secondary N) is 2. The van der Waals surface area contributed by atoms with Crippen molar-refractivity contribution in [1.29, 1.82) is 0 Å². The van der Waals surface area contributed by atoms with Gasteiger partial charge in [-0.3, -0.25) is 4.79 Å². The molecular formula is C17H15FN4O2. The fraction of sp³-hybridized carbons (Fsp3) is 0.0588. The van der Waals surface area contributed by atoms with Crippen molar-refractivity contribution in [2.75, 3.05) is 16.4 Å². The molecule has 0 aliphatic rings. The second kappa shape index (κ2) is 6.82. The van der Waals surface area contributed by atoms with Crippen LogP contribution in [-0.2, 0) is 6.54 Å². The van der Waals surface area contributed by atoms with Gasteiger partial charge in [0, 0.05) is 6.54 Å². The van der Waals surface area contributed by atoms with Crippen LogP contribution in [0.3, 0.4) is 0 Å². The first kappa shape index (κ1) is 15.5. The topological polar surface area (TPSA) is 93.2 Å². The van der Waals surface area contributed by atoms with Crippen molar-refractivity contribution in [1.82, 2.24) is 4.98 Å². The molecule has 6 nitrogen and oxygen atoms in total. The Hall–Kier alpha value is -3.35. The monoisotopic (exact) mass is 326 g/mol. The van der Waals surface area contributed by atoms with Crippen molar-refractivity contribution in [2.24, 2.45) is 0 Å². The van der Waals surface area contributed by atoms with Crippen molar-refractivity contribution < 1.29 is 13.6 Å². The average molecular weight is 326 g/mol. The predicted molar refractivity (Wildman–Crippen MR) is 89.0 cm³/mol. The van der Waals surface area contributed by atoms with E-state index in [1.54, 1.807) is 36.4 Å². The maximum Gasteiger partial charge on any atom is 0.291 e. The molecule has 2 aromatic heterocycles. The van der Waals surface area contributed by atoms with E-state index >= 15 is 0 Å². The van der Waals surface area contributed by atoms with Gasteiger partial charge in [0.05, 0.1) is 12.0 Å². The highest BCUT2D eigenvalue weighted by atomic mass is 19.1. The van der Waals surface area contributed by atoms with Crippen LogP contribution >= 0.6 is 0 Å². The molecule has 0 unspecified atom stereocenters. The van der Waals surface area contributed by atoms with Crippen molar-refractivity contribution in [3.05, 3.63) is 71.9 Å². The molecule has 4 N–H and O–H groups in total. The van der Waals surface area contributed by atoms with Crippen LogP contribution < -0.4 is 16.4 Å². The van der Waals surface area contributed by atoms with Gasteiger partial charge in [0.25, 0.3) is 5.91 Å². The number of nitrogens with two attached hydrogens (primary N) is 1. The summed E-state index contributed by atoms with van der Waals surface area (Å²) in [6, 6.07) is 12.7. The van der Waals surface area contributed by atoms with Gasteiger partial charge in [-0.1, -0.05) is 12.1 Å². The Bertz CT molecular complexity index is 832. The van der Waals surface area contributed by atoms with E-state index < -0.39 is 5.91 Å². The number of amides is 1. The third-order valence-electron chi connectivity index (χ3n) is 3.30. The number of aromatic nitrogens is 1. The summed E-state index contributed by atoms with van der Waals surface area (Å²) in [5.41, 5.74) is 7.17. The molecule has 0 aliphatic heterocycles. The van der Waals surface area contributed by atoms with E-state index in [1.807, 2.05) is 0 Å². The van der Waals surface area contributed by atoms with E-state index in [4.69, 9.17) is 10.2 Å². The second-order valence-corrected chi connectivity index (χ2v) is 5.04. The summed E-state index contributed by atoms with van der Waals surface area (Å²) in [6.07, 6.45) is 1.42. The Morgan fingerprint density at radius 2 is 1.96 bits per heavy atom. The molecule has 0 radical (unpaired) electrons. The van der Waals surface area contributed by atoms with E-state index in [0.29, 0.717) is 18.1 Å². The molecule has 0 atom stereocenters. The maximum atomic E-state index is 12.9. The van der Waals surface area contributed by atoms with Crippen LogP contribution in [0.1, 0.15) is 16.1 Å². The van der Waals surface area contributed by atoms with E-state index in [1.165, 1.54) is 18.4 Å². The first-order chi connectivity index (χ1) is 11.6. The minimum atomic E-state index is -0.402. The van der Waals surface area contributed by atoms with Crippen LogP contribution in [0.4, 0.5) is 21.7 Å². The van der Waals surface area contributed by atoms with Gasteiger partial charge in [-0.25, -0.2) is 9.37 Å². The second-order valence-electron chi connectivity index (χ2n) is 5.04. The molecule has 0 saturated carbocycles. The van der Waals surface area contributed by atoms with Crippen molar-refractivity contribution >= 4 is 23.2 Å². The summed E-state index contributed by atoms with van der Waals surface area (Å²) in [7, 11) is 0. The largest absolute Gasteiger partial charge is 0.459 e. The van der Waals surface area contributed by atoms with Gasteiger partial charge in [-0.15, -0.1) is 0 Å². The standard InChI is InChI=1S/C17H15FN4O2/c18-12-5-3-11(4-6-12)10-20-15-8-7-13(16(19)22-15)21-17(23)14-2-1-9-24-14/h1-9H,10H2,(H,21,23)(H3,19,20,22). The third kappa shape index (κ3) is 3.70. The molecule has 0 spiro atoms. The van der Waals surface area contributed by atoms with Gasteiger partial charge < -0.3 is 20.8 Å². The molecule has 7 heteroatoms.